The van der Waals surface area contributed by atoms with Crippen LogP contribution in [0.2, 0.25) is 10.0 Å². The highest BCUT2D eigenvalue weighted by atomic mass is 35.5. The summed E-state index contributed by atoms with van der Waals surface area (Å²) >= 11 is 15.3. The second kappa shape index (κ2) is 18.6. The van der Waals surface area contributed by atoms with Crippen LogP contribution in [0, 0.1) is 11.3 Å². The maximum atomic E-state index is 14.4. The lowest BCUT2D eigenvalue weighted by atomic mass is 9.72. The number of halogens is 2. The molecular weight excluding hydrogens is 798 g/mol. The molecule has 0 aliphatic heterocycles. The summed E-state index contributed by atoms with van der Waals surface area (Å²) in [6, 6.07) is 29.9. The van der Waals surface area contributed by atoms with Crippen molar-refractivity contribution in [2.24, 2.45) is 11.3 Å². The molecule has 4 aromatic carbocycles. The molecule has 2 atom stereocenters. The highest BCUT2D eigenvalue weighted by Gasteiger charge is 2.35. The number of carbonyl (C=O) groups excluding carboxylic acids is 4. The average molecular weight is 841 g/mol. The summed E-state index contributed by atoms with van der Waals surface area (Å²) in [5.74, 6) is -1.35. The number of carbonyl (C=O) groups is 4. The van der Waals surface area contributed by atoms with Crippen LogP contribution in [-0.2, 0) is 27.2 Å². The maximum Gasteiger partial charge on any atom is 0.341 e. The number of hydrogen-bond acceptors (Lipinski definition) is 7. The molecule has 3 amide bonds. The molecule has 8 nitrogen and oxygen atoms in total. The summed E-state index contributed by atoms with van der Waals surface area (Å²) in [6.07, 6.45) is 4.01. The van der Waals surface area contributed by atoms with Crippen LogP contribution in [0.1, 0.15) is 81.6 Å². The fourth-order valence-electron chi connectivity index (χ4n) is 6.61. The van der Waals surface area contributed by atoms with Crippen LogP contribution < -0.4 is 16.0 Å². The van der Waals surface area contributed by atoms with Gasteiger partial charge in [0.2, 0.25) is 5.91 Å². The van der Waals surface area contributed by atoms with E-state index in [1.54, 1.807) is 73.7 Å². The summed E-state index contributed by atoms with van der Waals surface area (Å²) in [7, 11) is 0. The molecule has 0 saturated carbocycles. The predicted octanol–water partition coefficient (Wildman–Crippen LogP) is 11.3. The highest BCUT2D eigenvalue weighted by Crippen LogP contribution is 2.45. The molecule has 0 radical (unpaired) electrons. The van der Waals surface area contributed by atoms with Gasteiger partial charge in [-0.1, -0.05) is 105 Å². The van der Waals surface area contributed by atoms with Gasteiger partial charge in [0.05, 0.1) is 12.2 Å². The summed E-state index contributed by atoms with van der Waals surface area (Å²) < 4.78 is 5.50. The van der Waals surface area contributed by atoms with E-state index < -0.39 is 23.0 Å². The van der Waals surface area contributed by atoms with E-state index in [9.17, 15) is 19.2 Å². The molecule has 12 heteroatoms. The van der Waals surface area contributed by atoms with Crippen LogP contribution in [0.4, 0.5) is 10.7 Å². The number of amides is 3. The molecule has 0 saturated heterocycles. The fraction of sp³-hybridized carbons (Fsp3) is 0.244. The Labute approximate surface area is 351 Å². The van der Waals surface area contributed by atoms with Crippen molar-refractivity contribution in [3.8, 4) is 0 Å². The van der Waals surface area contributed by atoms with E-state index in [1.807, 2.05) is 36.4 Å². The molecular formula is C45H43Cl2N3O5S2. The Balaban J connectivity index is 1.26. The Morgan fingerprint density at radius 3 is 2.32 bits per heavy atom. The van der Waals surface area contributed by atoms with Gasteiger partial charge in [-0.05, 0) is 103 Å². The summed E-state index contributed by atoms with van der Waals surface area (Å²) in [5.41, 5.74) is 3.52. The van der Waals surface area contributed by atoms with Gasteiger partial charge in [-0.2, -0.15) is 0 Å². The number of nitrogens with one attached hydrogen (secondary N) is 3. The van der Waals surface area contributed by atoms with Gasteiger partial charge in [-0.25, -0.2) is 4.79 Å². The number of thioether (sulfide) groups is 1. The Hall–Kier alpha value is -4.87. The van der Waals surface area contributed by atoms with Crippen LogP contribution >= 0.6 is 46.3 Å². The number of benzene rings is 4. The van der Waals surface area contributed by atoms with Gasteiger partial charge in [0.15, 0.2) is 0 Å². The van der Waals surface area contributed by atoms with Gasteiger partial charge in [0.1, 0.15) is 15.9 Å². The van der Waals surface area contributed by atoms with E-state index in [2.05, 4.69) is 36.7 Å². The van der Waals surface area contributed by atoms with E-state index in [0.29, 0.717) is 48.2 Å². The SMILES string of the molecule is CCOC(=O)c1c(NC(=O)C(Sc2cccc(NC(=O)/C(=C\c3ccc(Cl)cc3Cl)NC(=O)c3ccccc3)c2)c2ccccc2)sc2c1CCC(C(C)(C)C)C2. The minimum atomic E-state index is -0.721. The number of thiophene rings is 1. The zero-order valence-electron chi connectivity index (χ0n) is 32.0. The third-order valence-corrected chi connectivity index (χ3v) is 12.7. The number of fused-ring (bicyclic) bond motifs is 1. The smallest absolute Gasteiger partial charge is 0.341 e. The predicted molar refractivity (Wildman–Crippen MR) is 232 cm³/mol. The molecule has 57 heavy (non-hydrogen) atoms. The second-order valence-electron chi connectivity index (χ2n) is 14.7. The van der Waals surface area contributed by atoms with Gasteiger partial charge in [0.25, 0.3) is 11.8 Å². The zero-order chi connectivity index (χ0) is 40.7. The molecule has 0 fully saturated rings. The van der Waals surface area contributed by atoms with E-state index >= 15 is 0 Å². The van der Waals surface area contributed by atoms with Crippen LogP contribution in [0.3, 0.4) is 0 Å². The van der Waals surface area contributed by atoms with E-state index in [1.165, 1.54) is 29.2 Å². The van der Waals surface area contributed by atoms with Crippen molar-refractivity contribution in [2.75, 3.05) is 17.2 Å². The zero-order valence-corrected chi connectivity index (χ0v) is 35.1. The monoisotopic (exact) mass is 839 g/mol. The standard InChI is InChI=1S/C45H43Cl2N3O5S2/c1-5-55-44(54)38-34-22-20-30(45(2,3)4)24-37(34)57-43(38)50-42(53)39(27-13-8-6-9-14-27)56-33-18-12-17-32(26-33)48-41(52)36(23-29-19-21-31(46)25-35(29)47)49-40(51)28-15-10-7-11-16-28/h6-19,21,23,25-26,30,39H,5,20,22,24H2,1-4H3,(H,48,52)(H,49,51)(H,50,53)/b36-23+. The molecule has 6 rings (SSSR count). The van der Waals surface area contributed by atoms with Crippen molar-refractivity contribution in [3.05, 3.63) is 152 Å². The Morgan fingerprint density at radius 2 is 1.63 bits per heavy atom. The number of esters is 1. The van der Waals surface area contributed by atoms with Crippen molar-refractivity contribution < 1.29 is 23.9 Å². The first-order valence-corrected chi connectivity index (χ1v) is 21.0. The summed E-state index contributed by atoms with van der Waals surface area (Å²) in [4.78, 5) is 56.6. The summed E-state index contributed by atoms with van der Waals surface area (Å²) in [5, 5.41) is 9.25. The molecule has 2 unspecified atom stereocenters. The normalized spacial score (nSPS) is 14.6. The van der Waals surface area contributed by atoms with Crippen molar-refractivity contribution in [3.63, 3.8) is 0 Å². The second-order valence-corrected chi connectivity index (χ2v) is 17.8. The molecule has 1 aliphatic carbocycles. The fourth-order valence-corrected chi connectivity index (χ4v) is 9.47. The average Bonchev–Trinajstić information content (AvgIpc) is 3.55. The van der Waals surface area contributed by atoms with E-state index in [-0.39, 0.29) is 23.6 Å². The van der Waals surface area contributed by atoms with Crippen molar-refractivity contribution >= 4 is 86.8 Å². The minimum absolute atomic E-state index is 0.0439. The third kappa shape index (κ3) is 10.6. The van der Waals surface area contributed by atoms with Crippen LogP contribution in [0.5, 0.6) is 0 Å². The number of hydrogen-bond donors (Lipinski definition) is 3. The van der Waals surface area contributed by atoms with Crippen molar-refractivity contribution in [1.29, 1.82) is 0 Å². The molecule has 294 valence electrons. The molecule has 1 aliphatic rings. The van der Waals surface area contributed by atoms with Gasteiger partial charge < -0.3 is 20.7 Å². The van der Waals surface area contributed by atoms with Gasteiger partial charge >= 0.3 is 5.97 Å². The first-order valence-electron chi connectivity index (χ1n) is 18.6. The Kier molecular flexibility index (Phi) is 13.6. The largest absolute Gasteiger partial charge is 0.462 e. The van der Waals surface area contributed by atoms with Crippen molar-refractivity contribution in [1.82, 2.24) is 5.32 Å². The Bertz CT molecular complexity index is 2310. The van der Waals surface area contributed by atoms with Crippen molar-refractivity contribution in [2.45, 2.75) is 57.1 Å². The number of ether oxygens (including phenoxy) is 1. The maximum absolute atomic E-state index is 14.4. The van der Waals surface area contributed by atoms with E-state index in [4.69, 9.17) is 27.9 Å². The summed E-state index contributed by atoms with van der Waals surface area (Å²) in [6.45, 7) is 8.72. The van der Waals surface area contributed by atoms with Gasteiger partial charge in [-0.3, -0.25) is 14.4 Å². The molecule has 0 spiro atoms. The lowest BCUT2D eigenvalue weighted by Crippen LogP contribution is -2.30. The number of anilines is 2. The molecule has 0 bridgehead atoms. The third-order valence-electron chi connectivity index (χ3n) is 9.68. The van der Waals surface area contributed by atoms with Gasteiger partial charge in [-0.15, -0.1) is 23.1 Å². The Morgan fingerprint density at radius 1 is 0.912 bits per heavy atom. The number of rotatable bonds is 12. The van der Waals surface area contributed by atoms with E-state index in [0.717, 1.165) is 35.3 Å². The topological polar surface area (TPSA) is 114 Å². The minimum Gasteiger partial charge on any atom is -0.462 e. The van der Waals surface area contributed by atoms with Crippen LogP contribution in [0.15, 0.2) is 114 Å². The highest BCUT2D eigenvalue weighted by molar-refractivity contribution is 8.00. The lowest BCUT2D eigenvalue weighted by Gasteiger charge is -2.33. The molecule has 1 heterocycles. The molecule has 5 aromatic rings. The lowest BCUT2D eigenvalue weighted by molar-refractivity contribution is -0.116. The first kappa shape index (κ1) is 41.8. The first-order chi connectivity index (χ1) is 27.3. The quantitative estimate of drug-likeness (QED) is 0.0655. The van der Waals surface area contributed by atoms with Gasteiger partial charge in [0, 0.05) is 31.1 Å². The van der Waals surface area contributed by atoms with Crippen LogP contribution in [0.25, 0.3) is 6.08 Å². The molecule has 3 N–H and O–H groups in total. The molecule has 1 aromatic heterocycles. The van der Waals surface area contributed by atoms with Crippen LogP contribution in [-0.4, -0.2) is 30.3 Å².